The van der Waals surface area contributed by atoms with Crippen molar-refractivity contribution in [3.8, 4) is 0 Å². The van der Waals surface area contributed by atoms with Crippen molar-refractivity contribution in [3.63, 3.8) is 0 Å². The fourth-order valence-corrected chi connectivity index (χ4v) is 3.24. The molecule has 6 heteroatoms. The van der Waals surface area contributed by atoms with Gasteiger partial charge in [-0.25, -0.2) is 4.39 Å². The summed E-state index contributed by atoms with van der Waals surface area (Å²) in [5, 5.41) is -0.243. The summed E-state index contributed by atoms with van der Waals surface area (Å²) >= 11 is 6.80. The van der Waals surface area contributed by atoms with Crippen LogP contribution in [0.25, 0.3) is 6.08 Å². The highest BCUT2D eigenvalue weighted by molar-refractivity contribution is 8.18. The molecule has 1 aliphatic rings. The lowest BCUT2D eigenvalue weighted by Gasteiger charge is -2.14. The van der Waals surface area contributed by atoms with Gasteiger partial charge in [0, 0.05) is 10.6 Å². The molecule has 0 spiro atoms. The van der Waals surface area contributed by atoms with Gasteiger partial charge >= 0.3 is 0 Å². The smallest absolute Gasteiger partial charge is 0.268 e. The van der Waals surface area contributed by atoms with Crippen LogP contribution >= 0.6 is 23.4 Å². The maximum absolute atomic E-state index is 13.8. The van der Waals surface area contributed by atoms with Crippen LogP contribution in [-0.4, -0.2) is 16.0 Å². The Balaban J connectivity index is 1.86. The quantitative estimate of drug-likeness (QED) is 0.754. The second-order valence-corrected chi connectivity index (χ2v) is 6.28. The number of nitrogens with zero attached hydrogens (tertiary/aromatic N) is 1. The molecule has 0 atom stereocenters. The first-order chi connectivity index (χ1) is 11.1. The first-order valence-corrected chi connectivity index (χ1v) is 7.99. The molecular weight excluding hydrogens is 337 g/mol. The van der Waals surface area contributed by atoms with Crippen LogP contribution < -0.4 is 0 Å². The summed E-state index contributed by atoms with van der Waals surface area (Å²) < 4.78 is 13.8. The first-order valence-electron chi connectivity index (χ1n) is 6.79. The van der Waals surface area contributed by atoms with Gasteiger partial charge in [0.2, 0.25) is 0 Å². The van der Waals surface area contributed by atoms with E-state index < -0.39 is 17.0 Å². The van der Waals surface area contributed by atoms with Crippen LogP contribution in [0.3, 0.4) is 0 Å². The van der Waals surface area contributed by atoms with Gasteiger partial charge in [-0.15, -0.1) is 0 Å². The van der Waals surface area contributed by atoms with Crippen LogP contribution in [-0.2, 0) is 11.3 Å². The third-order valence-electron chi connectivity index (χ3n) is 3.35. The van der Waals surface area contributed by atoms with Crippen molar-refractivity contribution >= 4 is 40.6 Å². The van der Waals surface area contributed by atoms with E-state index in [-0.39, 0.29) is 17.1 Å². The van der Waals surface area contributed by atoms with Crippen LogP contribution in [0, 0.1) is 5.82 Å². The van der Waals surface area contributed by atoms with Crippen molar-refractivity contribution in [2.45, 2.75) is 6.54 Å². The molecule has 1 saturated heterocycles. The number of hydrogen-bond donors (Lipinski definition) is 0. The summed E-state index contributed by atoms with van der Waals surface area (Å²) in [5.41, 5.74) is 0.958. The molecule has 0 unspecified atom stereocenters. The Morgan fingerprint density at radius 1 is 1.09 bits per heavy atom. The largest absolute Gasteiger partial charge is 0.293 e. The molecule has 0 aromatic heterocycles. The Bertz CT molecular complexity index is 787. The number of rotatable bonds is 3. The van der Waals surface area contributed by atoms with Crippen molar-refractivity contribution in [1.29, 1.82) is 0 Å². The van der Waals surface area contributed by atoms with E-state index in [0.717, 1.165) is 22.2 Å². The van der Waals surface area contributed by atoms with Crippen LogP contribution in [0.5, 0.6) is 0 Å². The zero-order chi connectivity index (χ0) is 16.4. The van der Waals surface area contributed by atoms with E-state index in [1.54, 1.807) is 6.08 Å². The van der Waals surface area contributed by atoms with Crippen LogP contribution in [0.2, 0.25) is 5.02 Å². The summed E-state index contributed by atoms with van der Waals surface area (Å²) in [4.78, 5) is 25.8. The van der Waals surface area contributed by atoms with Gasteiger partial charge in [0.15, 0.2) is 0 Å². The van der Waals surface area contributed by atoms with Gasteiger partial charge in [-0.1, -0.05) is 48.0 Å². The predicted molar refractivity (Wildman–Crippen MR) is 89.4 cm³/mol. The van der Waals surface area contributed by atoms with Gasteiger partial charge in [0.25, 0.3) is 11.1 Å². The highest BCUT2D eigenvalue weighted by Gasteiger charge is 2.35. The molecule has 116 valence electrons. The normalized spacial score (nSPS) is 16.4. The lowest BCUT2D eigenvalue weighted by Crippen LogP contribution is -2.28. The Labute approximate surface area is 141 Å². The van der Waals surface area contributed by atoms with Crippen molar-refractivity contribution in [3.05, 3.63) is 75.4 Å². The topological polar surface area (TPSA) is 37.4 Å². The first kappa shape index (κ1) is 15.8. The van der Waals surface area contributed by atoms with Gasteiger partial charge in [-0.2, -0.15) is 0 Å². The van der Waals surface area contributed by atoms with Crippen LogP contribution in [0.1, 0.15) is 11.1 Å². The molecule has 2 aromatic rings. The third kappa shape index (κ3) is 3.30. The Morgan fingerprint density at radius 2 is 1.83 bits per heavy atom. The van der Waals surface area contributed by atoms with Crippen molar-refractivity contribution in [1.82, 2.24) is 4.90 Å². The summed E-state index contributed by atoms with van der Waals surface area (Å²) in [6, 6.07) is 13.5. The van der Waals surface area contributed by atoms with E-state index >= 15 is 0 Å². The molecule has 0 bridgehead atoms. The molecule has 3 rings (SSSR count). The second-order valence-electron chi connectivity index (χ2n) is 4.88. The number of benzene rings is 2. The van der Waals surface area contributed by atoms with Gasteiger partial charge in [0.1, 0.15) is 5.82 Å². The number of hydrogen-bond acceptors (Lipinski definition) is 3. The third-order valence-corrected chi connectivity index (χ3v) is 4.61. The minimum Gasteiger partial charge on any atom is -0.268 e. The van der Waals surface area contributed by atoms with E-state index in [2.05, 4.69) is 0 Å². The number of amides is 2. The summed E-state index contributed by atoms with van der Waals surface area (Å²) in [6.07, 6.45) is 1.65. The number of carbonyl (C=O) groups is 2. The van der Waals surface area contributed by atoms with Crippen molar-refractivity contribution in [2.75, 3.05) is 0 Å². The zero-order valence-corrected chi connectivity index (χ0v) is 13.4. The van der Waals surface area contributed by atoms with Crippen LogP contribution in [0.15, 0.2) is 53.4 Å². The second kappa shape index (κ2) is 6.56. The molecule has 0 radical (unpaired) electrons. The SMILES string of the molecule is O=C1S/C(=C/c2ccccc2)C(=O)N1Cc1c(F)cccc1Cl. The molecule has 1 aliphatic heterocycles. The molecule has 0 aliphatic carbocycles. The minimum absolute atomic E-state index is 0.137. The lowest BCUT2D eigenvalue weighted by atomic mass is 10.2. The van der Waals surface area contributed by atoms with Gasteiger partial charge in [-0.05, 0) is 35.5 Å². The van der Waals surface area contributed by atoms with E-state index in [1.807, 2.05) is 30.3 Å². The summed E-state index contributed by atoms with van der Waals surface area (Å²) in [6.45, 7) is -0.178. The van der Waals surface area contributed by atoms with Gasteiger partial charge in [0.05, 0.1) is 11.4 Å². The molecule has 2 aromatic carbocycles. The average Bonchev–Trinajstić information content (AvgIpc) is 2.79. The van der Waals surface area contributed by atoms with Crippen LogP contribution in [0.4, 0.5) is 9.18 Å². The highest BCUT2D eigenvalue weighted by Crippen LogP contribution is 2.34. The van der Waals surface area contributed by atoms with E-state index in [0.29, 0.717) is 4.91 Å². The average molecular weight is 348 g/mol. The van der Waals surface area contributed by atoms with E-state index in [1.165, 1.54) is 18.2 Å². The number of thioether (sulfide) groups is 1. The maximum Gasteiger partial charge on any atom is 0.293 e. The molecule has 3 nitrogen and oxygen atoms in total. The molecule has 1 fully saturated rings. The molecule has 0 saturated carbocycles. The fraction of sp³-hybridized carbons (Fsp3) is 0.0588. The minimum atomic E-state index is -0.538. The molecule has 2 amide bonds. The highest BCUT2D eigenvalue weighted by atomic mass is 35.5. The van der Waals surface area contributed by atoms with Crippen molar-refractivity contribution < 1.29 is 14.0 Å². The van der Waals surface area contributed by atoms with Gasteiger partial charge < -0.3 is 0 Å². The summed E-state index contributed by atoms with van der Waals surface area (Å²) in [7, 11) is 0. The molecular formula is C17H11ClFNO2S. The van der Waals surface area contributed by atoms with E-state index in [4.69, 9.17) is 11.6 Å². The van der Waals surface area contributed by atoms with Gasteiger partial charge in [-0.3, -0.25) is 14.5 Å². The Kier molecular flexibility index (Phi) is 4.50. The molecule has 1 heterocycles. The monoisotopic (exact) mass is 347 g/mol. The Morgan fingerprint density at radius 3 is 2.52 bits per heavy atom. The zero-order valence-electron chi connectivity index (χ0n) is 11.8. The lowest BCUT2D eigenvalue weighted by molar-refractivity contribution is -0.123. The fourth-order valence-electron chi connectivity index (χ4n) is 2.18. The summed E-state index contributed by atoms with van der Waals surface area (Å²) in [5.74, 6) is -0.980. The molecule has 0 N–H and O–H groups in total. The number of halogens is 2. The Hall–Kier alpha value is -2.11. The molecule has 23 heavy (non-hydrogen) atoms. The van der Waals surface area contributed by atoms with E-state index in [9.17, 15) is 14.0 Å². The maximum atomic E-state index is 13.8. The number of carbonyl (C=O) groups excluding carboxylic acids is 2. The predicted octanol–water partition coefficient (Wildman–Crippen LogP) is 4.72. The number of imide groups is 1. The standard InChI is InChI=1S/C17H11ClFNO2S/c18-13-7-4-8-14(19)12(13)10-20-16(21)15(23-17(20)22)9-11-5-2-1-3-6-11/h1-9H,10H2/b15-9+. The van der Waals surface area contributed by atoms with Crippen molar-refractivity contribution in [2.24, 2.45) is 0 Å².